The van der Waals surface area contributed by atoms with Crippen LogP contribution in [0.15, 0.2) is 42.5 Å². The number of benzene rings is 2. The molecule has 0 bridgehead atoms. The molecule has 1 aliphatic heterocycles. The Balaban J connectivity index is 1.53. The minimum absolute atomic E-state index is 0.0539. The first kappa shape index (κ1) is 15.9. The predicted molar refractivity (Wildman–Crippen MR) is 99.6 cm³/mol. The molecule has 1 aromatic heterocycles. The molecule has 0 saturated heterocycles. The quantitative estimate of drug-likeness (QED) is 0.791. The third-order valence-electron chi connectivity index (χ3n) is 5.04. The van der Waals surface area contributed by atoms with E-state index in [0.717, 1.165) is 35.4 Å². The Labute approximate surface area is 147 Å². The van der Waals surface area contributed by atoms with Crippen LogP contribution < -0.4 is 5.32 Å². The molecule has 0 saturated carbocycles. The van der Waals surface area contributed by atoms with Crippen LogP contribution in [0.3, 0.4) is 0 Å². The fourth-order valence-corrected chi connectivity index (χ4v) is 3.48. The molecule has 4 nitrogen and oxygen atoms in total. The van der Waals surface area contributed by atoms with E-state index in [4.69, 9.17) is 4.98 Å². The first-order valence-electron chi connectivity index (χ1n) is 8.93. The van der Waals surface area contributed by atoms with Gasteiger partial charge in [-0.2, -0.15) is 0 Å². The Bertz CT molecular complexity index is 924. The maximum absolute atomic E-state index is 12.5. The average molecular weight is 333 g/mol. The average Bonchev–Trinajstić information content (AvgIpc) is 2.97. The van der Waals surface area contributed by atoms with Crippen molar-refractivity contribution >= 4 is 16.9 Å². The summed E-state index contributed by atoms with van der Waals surface area (Å²) >= 11 is 0. The standard InChI is InChI=1S/C21H23N3O/c1-14-3-5-16(6-4-14)13-22-21(25)17-7-8-19-18(12-17)23-20-11-15(2)9-10-24(19)20/h3-8,12,15H,9-11,13H2,1-2H3,(H,22,25)/t15-/m1/s1. The Morgan fingerprint density at radius 2 is 2.04 bits per heavy atom. The number of nitrogens with zero attached hydrogens (tertiary/aromatic N) is 2. The van der Waals surface area contributed by atoms with Crippen molar-refractivity contribution in [2.24, 2.45) is 5.92 Å². The molecule has 0 fully saturated rings. The van der Waals surface area contributed by atoms with Gasteiger partial charge in [-0.3, -0.25) is 4.79 Å². The molecule has 2 aromatic carbocycles. The molecule has 0 radical (unpaired) electrons. The van der Waals surface area contributed by atoms with Gasteiger partial charge in [-0.25, -0.2) is 4.98 Å². The summed E-state index contributed by atoms with van der Waals surface area (Å²) in [5, 5.41) is 2.99. The maximum Gasteiger partial charge on any atom is 0.251 e. The van der Waals surface area contributed by atoms with Crippen LogP contribution in [0, 0.1) is 12.8 Å². The van der Waals surface area contributed by atoms with Crippen LogP contribution in [-0.4, -0.2) is 15.5 Å². The van der Waals surface area contributed by atoms with Gasteiger partial charge in [0.05, 0.1) is 11.0 Å². The van der Waals surface area contributed by atoms with Crippen LogP contribution in [0.25, 0.3) is 11.0 Å². The number of aromatic nitrogens is 2. The van der Waals surface area contributed by atoms with Crippen LogP contribution in [0.4, 0.5) is 0 Å². The summed E-state index contributed by atoms with van der Waals surface area (Å²) in [4.78, 5) is 17.2. The number of amides is 1. The molecule has 1 N–H and O–H groups in total. The molecule has 128 valence electrons. The fourth-order valence-electron chi connectivity index (χ4n) is 3.48. The van der Waals surface area contributed by atoms with Gasteiger partial charge < -0.3 is 9.88 Å². The second-order valence-corrected chi connectivity index (χ2v) is 7.15. The lowest BCUT2D eigenvalue weighted by Gasteiger charge is -2.19. The van der Waals surface area contributed by atoms with Gasteiger partial charge in [-0.05, 0) is 43.0 Å². The zero-order chi connectivity index (χ0) is 17.4. The second-order valence-electron chi connectivity index (χ2n) is 7.15. The summed E-state index contributed by atoms with van der Waals surface area (Å²) in [6.07, 6.45) is 2.21. The van der Waals surface area contributed by atoms with Crippen molar-refractivity contribution in [3.63, 3.8) is 0 Å². The molecular weight excluding hydrogens is 310 g/mol. The highest BCUT2D eigenvalue weighted by molar-refractivity contribution is 5.97. The van der Waals surface area contributed by atoms with Crippen molar-refractivity contribution in [1.29, 1.82) is 0 Å². The van der Waals surface area contributed by atoms with Crippen molar-refractivity contribution < 1.29 is 4.79 Å². The minimum atomic E-state index is -0.0539. The molecule has 0 aliphatic carbocycles. The third-order valence-corrected chi connectivity index (χ3v) is 5.04. The van der Waals surface area contributed by atoms with Crippen LogP contribution >= 0.6 is 0 Å². The summed E-state index contributed by atoms with van der Waals surface area (Å²) < 4.78 is 2.29. The van der Waals surface area contributed by atoms with Crippen molar-refractivity contribution in [3.8, 4) is 0 Å². The minimum Gasteiger partial charge on any atom is -0.348 e. The Hall–Kier alpha value is -2.62. The number of aryl methyl sites for hydroxylation is 2. The summed E-state index contributed by atoms with van der Waals surface area (Å²) in [6, 6.07) is 14.1. The maximum atomic E-state index is 12.5. The molecule has 1 aliphatic rings. The molecule has 1 amide bonds. The van der Waals surface area contributed by atoms with E-state index in [9.17, 15) is 4.79 Å². The van der Waals surface area contributed by atoms with E-state index >= 15 is 0 Å². The lowest BCUT2D eigenvalue weighted by atomic mass is 10.0. The molecule has 0 spiro atoms. The molecule has 4 rings (SSSR count). The van der Waals surface area contributed by atoms with Gasteiger partial charge in [0, 0.05) is 25.1 Å². The zero-order valence-electron chi connectivity index (χ0n) is 14.7. The molecule has 3 aromatic rings. The highest BCUT2D eigenvalue weighted by Crippen LogP contribution is 2.25. The molecule has 2 heterocycles. The van der Waals surface area contributed by atoms with Crippen molar-refractivity contribution in [1.82, 2.24) is 14.9 Å². The lowest BCUT2D eigenvalue weighted by molar-refractivity contribution is 0.0951. The summed E-state index contributed by atoms with van der Waals surface area (Å²) in [7, 11) is 0. The van der Waals surface area contributed by atoms with Gasteiger partial charge >= 0.3 is 0 Å². The Morgan fingerprint density at radius 1 is 1.24 bits per heavy atom. The highest BCUT2D eigenvalue weighted by Gasteiger charge is 2.19. The zero-order valence-corrected chi connectivity index (χ0v) is 14.7. The SMILES string of the molecule is Cc1ccc(CNC(=O)c2ccc3c(c2)nc2n3CC[C@@H](C)C2)cc1. The fraction of sp³-hybridized carbons (Fsp3) is 0.333. The topological polar surface area (TPSA) is 46.9 Å². The number of fused-ring (bicyclic) bond motifs is 3. The number of rotatable bonds is 3. The Morgan fingerprint density at radius 3 is 2.84 bits per heavy atom. The van der Waals surface area contributed by atoms with E-state index in [-0.39, 0.29) is 5.91 Å². The smallest absolute Gasteiger partial charge is 0.251 e. The number of carbonyl (C=O) groups excluding carboxylic acids is 1. The van der Waals surface area contributed by atoms with E-state index in [0.29, 0.717) is 18.0 Å². The van der Waals surface area contributed by atoms with Crippen LogP contribution in [0.5, 0.6) is 0 Å². The van der Waals surface area contributed by atoms with Gasteiger partial charge in [0.15, 0.2) is 0 Å². The van der Waals surface area contributed by atoms with Crippen molar-refractivity contribution in [2.75, 3.05) is 0 Å². The Kier molecular flexibility index (Phi) is 4.04. The van der Waals surface area contributed by atoms with Gasteiger partial charge in [-0.15, -0.1) is 0 Å². The second kappa shape index (κ2) is 6.36. The summed E-state index contributed by atoms with van der Waals surface area (Å²) in [5.41, 5.74) is 5.05. The van der Waals surface area contributed by atoms with Gasteiger partial charge in [0.25, 0.3) is 5.91 Å². The summed E-state index contributed by atoms with van der Waals surface area (Å²) in [6.45, 7) is 5.88. The van der Waals surface area contributed by atoms with Crippen LogP contribution in [0.1, 0.15) is 40.7 Å². The largest absolute Gasteiger partial charge is 0.348 e. The number of nitrogens with one attached hydrogen (secondary N) is 1. The van der Waals surface area contributed by atoms with Crippen molar-refractivity contribution in [2.45, 2.75) is 39.8 Å². The van der Waals surface area contributed by atoms with Gasteiger partial charge in [0.2, 0.25) is 0 Å². The monoisotopic (exact) mass is 333 g/mol. The number of carbonyl (C=O) groups is 1. The molecular formula is C21H23N3O. The summed E-state index contributed by atoms with van der Waals surface area (Å²) in [5.74, 6) is 1.77. The van der Waals surface area contributed by atoms with E-state index in [1.54, 1.807) is 0 Å². The van der Waals surface area contributed by atoms with E-state index in [2.05, 4.69) is 35.9 Å². The highest BCUT2D eigenvalue weighted by atomic mass is 16.1. The first-order chi connectivity index (χ1) is 12.1. The molecule has 25 heavy (non-hydrogen) atoms. The van der Waals surface area contributed by atoms with E-state index in [1.165, 1.54) is 12.0 Å². The lowest BCUT2D eigenvalue weighted by Crippen LogP contribution is -2.22. The van der Waals surface area contributed by atoms with E-state index in [1.807, 2.05) is 30.3 Å². The van der Waals surface area contributed by atoms with E-state index < -0.39 is 0 Å². The van der Waals surface area contributed by atoms with Gasteiger partial charge in [-0.1, -0.05) is 36.8 Å². The molecule has 1 atom stereocenters. The van der Waals surface area contributed by atoms with Crippen molar-refractivity contribution in [3.05, 3.63) is 65.0 Å². The van der Waals surface area contributed by atoms with Gasteiger partial charge in [0.1, 0.15) is 5.82 Å². The number of hydrogen-bond acceptors (Lipinski definition) is 2. The normalized spacial score (nSPS) is 16.6. The first-order valence-corrected chi connectivity index (χ1v) is 8.93. The van der Waals surface area contributed by atoms with Crippen LogP contribution in [-0.2, 0) is 19.5 Å². The molecule has 0 unspecified atom stereocenters. The number of hydrogen-bond donors (Lipinski definition) is 1. The molecule has 4 heteroatoms. The number of imidazole rings is 1. The third kappa shape index (κ3) is 3.16. The predicted octanol–water partition coefficient (Wildman–Crippen LogP) is 3.86. The van der Waals surface area contributed by atoms with Crippen LogP contribution in [0.2, 0.25) is 0 Å².